The van der Waals surface area contributed by atoms with E-state index in [1.807, 2.05) is 26.0 Å². The lowest BCUT2D eigenvalue weighted by atomic mass is 9.99. The van der Waals surface area contributed by atoms with Gasteiger partial charge in [0.05, 0.1) is 17.7 Å². The van der Waals surface area contributed by atoms with Crippen LogP contribution in [0.5, 0.6) is 0 Å². The van der Waals surface area contributed by atoms with Crippen molar-refractivity contribution >= 4 is 0 Å². The van der Waals surface area contributed by atoms with Crippen molar-refractivity contribution in [2.75, 3.05) is 0 Å². The number of hydrogen-bond donors (Lipinski definition) is 1. The molecule has 20 heavy (non-hydrogen) atoms. The lowest BCUT2D eigenvalue weighted by Gasteiger charge is -2.17. The van der Waals surface area contributed by atoms with E-state index in [9.17, 15) is 5.11 Å². The van der Waals surface area contributed by atoms with Gasteiger partial charge in [-0.1, -0.05) is 60.7 Å². The summed E-state index contributed by atoms with van der Waals surface area (Å²) in [5, 5.41) is 10.4. The van der Waals surface area contributed by atoms with Crippen molar-refractivity contribution < 1.29 is 5.11 Å². The van der Waals surface area contributed by atoms with E-state index < -0.39 is 5.60 Å². The number of aliphatic hydroxyl groups is 1. The zero-order valence-electron chi connectivity index (χ0n) is 12.0. The fourth-order valence-corrected chi connectivity index (χ4v) is 3.08. The predicted molar refractivity (Wildman–Crippen MR) is 81.3 cm³/mol. The molecule has 0 spiro atoms. The van der Waals surface area contributed by atoms with E-state index in [0.717, 1.165) is 6.54 Å². The van der Waals surface area contributed by atoms with E-state index in [2.05, 4.69) is 53.4 Å². The van der Waals surface area contributed by atoms with Gasteiger partial charge in [0, 0.05) is 6.54 Å². The van der Waals surface area contributed by atoms with Crippen molar-refractivity contribution in [1.82, 2.24) is 4.90 Å². The number of nitrogens with zero attached hydrogens (tertiary/aromatic N) is 1. The third-order valence-corrected chi connectivity index (χ3v) is 4.00. The highest BCUT2D eigenvalue weighted by Gasteiger charge is 2.55. The Hall–Kier alpha value is -1.64. The van der Waals surface area contributed by atoms with Crippen molar-refractivity contribution in [3.63, 3.8) is 0 Å². The van der Waals surface area contributed by atoms with Crippen molar-refractivity contribution in [2.45, 2.75) is 38.1 Å². The van der Waals surface area contributed by atoms with E-state index in [4.69, 9.17) is 0 Å². The van der Waals surface area contributed by atoms with Gasteiger partial charge in [0.1, 0.15) is 0 Å². The fourth-order valence-electron chi connectivity index (χ4n) is 3.08. The molecule has 1 N–H and O–H groups in total. The summed E-state index contributed by atoms with van der Waals surface area (Å²) in [6, 6.07) is 21.4. The van der Waals surface area contributed by atoms with Gasteiger partial charge >= 0.3 is 0 Å². The predicted octanol–water partition coefficient (Wildman–Crippen LogP) is 3.38. The number of hydrogen-bond acceptors (Lipinski definition) is 2. The monoisotopic (exact) mass is 267 g/mol. The van der Waals surface area contributed by atoms with Gasteiger partial charge in [0.25, 0.3) is 0 Å². The topological polar surface area (TPSA) is 23.2 Å². The van der Waals surface area contributed by atoms with Crippen molar-refractivity contribution in [2.24, 2.45) is 0 Å². The van der Waals surface area contributed by atoms with Gasteiger partial charge < -0.3 is 5.11 Å². The van der Waals surface area contributed by atoms with Gasteiger partial charge in [0.2, 0.25) is 0 Å². The second kappa shape index (κ2) is 5.04. The maximum absolute atomic E-state index is 10.4. The van der Waals surface area contributed by atoms with Gasteiger partial charge in [0.15, 0.2) is 0 Å². The Morgan fingerprint density at radius 2 is 1.50 bits per heavy atom. The Kier molecular flexibility index (Phi) is 3.36. The van der Waals surface area contributed by atoms with Gasteiger partial charge in [-0.15, -0.1) is 0 Å². The molecule has 3 atom stereocenters. The van der Waals surface area contributed by atoms with Crippen LogP contribution in [0.15, 0.2) is 60.7 Å². The average Bonchev–Trinajstić information content (AvgIpc) is 3.15. The summed E-state index contributed by atoms with van der Waals surface area (Å²) in [5.74, 6) is 0. The zero-order valence-corrected chi connectivity index (χ0v) is 12.0. The molecule has 2 aromatic rings. The first kappa shape index (κ1) is 13.3. The minimum Gasteiger partial charge on any atom is -0.389 e. The van der Waals surface area contributed by atoms with Crippen LogP contribution in [-0.2, 0) is 6.54 Å². The zero-order chi connectivity index (χ0) is 14.2. The van der Waals surface area contributed by atoms with Gasteiger partial charge in [-0.25, -0.2) is 0 Å². The van der Waals surface area contributed by atoms with E-state index in [-0.39, 0.29) is 6.04 Å². The highest BCUT2D eigenvalue weighted by atomic mass is 16.3. The molecular formula is C18H21NO. The molecule has 104 valence electrons. The Balaban J connectivity index is 1.82. The quantitative estimate of drug-likeness (QED) is 0.858. The SMILES string of the molecule is CC(C)(O)[C@@H]1[C@H](c2ccccc2)N1Cc1ccccc1. The molecule has 2 aromatic carbocycles. The largest absolute Gasteiger partial charge is 0.389 e. The Bertz CT molecular complexity index is 559. The summed E-state index contributed by atoms with van der Waals surface area (Å²) in [6.45, 7) is 4.69. The molecule has 1 saturated heterocycles. The summed E-state index contributed by atoms with van der Waals surface area (Å²) in [6.07, 6.45) is 0. The molecule has 2 heteroatoms. The van der Waals surface area contributed by atoms with E-state index >= 15 is 0 Å². The van der Waals surface area contributed by atoms with Crippen LogP contribution in [0.2, 0.25) is 0 Å². The van der Waals surface area contributed by atoms with Crippen molar-refractivity contribution in [3.8, 4) is 0 Å². The summed E-state index contributed by atoms with van der Waals surface area (Å²) in [4.78, 5) is 2.37. The molecule has 1 heterocycles. The Labute approximate surface area is 120 Å². The summed E-state index contributed by atoms with van der Waals surface area (Å²) >= 11 is 0. The van der Waals surface area contributed by atoms with Crippen LogP contribution in [0, 0.1) is 0 Å². The molecule has 0 bridgehead atoms. The van der Waals surface area contributed by atoms with Gasteiger partial charge in [-0.05, 0) is 25.0 Å². The molecule has 1 aliphatic rings. The normalized spacial score (nSPS) is 25.4. The smallest absolute Gasteiger partial charge is 0.0765 e. The maximum Gasteiger partial charge on any atom is 0.0765 e. The molecule has 0 amide bonds. The van der Waals surface area contributed by atoms with Crippen LogP contribution >= 0.6 is 0 Å². The molecule has 2 nitrogen and oxygen atoms in total. The molecule has 0 radical (unpaired) electrons. The van der Waals surface area contributed by atoms with Crippen LogP contribution in [0.25, 0.3) is 0 Å². The van der Waals surface area contributed by atoms with E-state index in [1.54, 1.807) is 0 Å². The summed E-state index contributed by atoms with van der Waals surface area (Å²) in [5.41, 5.74) is 1.89. The Morgan fingerprint density at radius 1 is 0.950 bits per heavy atom. The lowest BCUT2D eigenvalue weighted by Crippen LogP contribution is -2.29. The van der Waals surface area contributed by atoms with Crippen LogP contribution in [0.1, 0.15) is 31.0 Å². The third-order valence-electron chi connectivity index (χ3n) is 4.00. The number of benzene rings is 2. The van der Waals surface area contributed by atoms with E-state index in [1.165, 1.54) is 11.1 Å². The molecular weight excluding hydrogens is 246 g/mol. The lowest BCUT2D eigenvalue weighted by molar-refractivity contribution is 0.0632. The van der Waals surface area contributed by atoms with Gasteiger partial charge in [-0.3, -0.25) is 4.90 Å². The Morgan fingerprint density at radius 3 is 2.05 bits per heavy atom. The third kappa shape index (κ3) is 2.62. The molecule has 0 aromatic heterocycles. The summed E-state index contributed by atoms with van der Waals surface area (Å²) < 4.78 is 0. The maximum atomic E-state index is 10.4. The van der Waals surface area contributed by atoms with Gasteiger partial charge in [-0.2, -0.15) is 0 Å². The molecule has 1 aliphatic heterocycles. The number of rotatable bonds is 4. The van der Waals surface area contributed by atoms with E-state index in [0.29, 0.717) is 6.04 Å². The molecule has 0 saturated carbocycles. The molecule has 1 fully saturated rings. The highest BCUT2D eigenvalue weighted by molar-refractivity contribution is 5.30. The molecule has 0 aliphatic carbocycles. The first-order valence-corrected chi connectivity index (χ1v) is 7.14. The highest BCUT2D eigenvalue weighted by Crippen LogP contribution is 2.49. The standard InChI is InChI=1S/C18H21NO/c1-18(2,20)17-16(15-11-7-4-8-12-15)19(17)13-14-9-5-3-6-10-14/h3-12,16-17,20H,13H2,1-2H3/t16-,17-,19?/m0/s1. The fraction of sp³-hybridized carbons (Fsp3) is 0.333. The average molecular weight is 267 g/mol. The second-order valence-electron chi connectivity index (χ2n) is 6.11. The van der Waals surface area contributed by atoms with Crippen molar-refractivity contribution in [3.05, 3.63) is 71.8 Å². The molecule has 3 rings (SSSR count). The van der Waals surface area contributed by atoms with Crippen LogP contribution in [0.3, 0.4) is 0 Å². The van der Waals surface area contributed by atoms with Crippen molar-refractivity contribution in [1.29, 1.82) is 0 Å². The summed E-state index contributed by atoms with van der Waals surface area (Å²) in [7, 11) is 0. The second-order valence-corrected chi connectivity index (χ2v) is 6.11. The van der Waals surface area contributed by atoms with Crippen LogP contribution in [-0.4, -0.2) is 21.6 Å². The minimum atomic E-state index is -0.685. The van der Waals surface area contributed by atoms with Crippen LogP contribution in [0.4, 0.5) is 0 Å². The minimum absolute atomic E-state index is 0.185. The first-order chi connectivity index (χ1) is 9.57. The van der Waals surface area contributed by atoms with Crippen LogP contribution < -0.4 is 0 Å². The molecule has 1 unspecified atom stereocenters. The first-order valence-electron chi connectivity index (χ1n) is 7.14.